The third-order valence-electron chi connectivity index (χ3n) is 6.53. The summed E-state index contributed by atoms with van der Waals surface area (Å²) >= 11 is 0. The Labute approximate surface area is 124 Å². The number of carbonyl (C=O) groups excluding carboxylic acids is 3. The molecule has 4 aliphatic rings. The largest absolute Gasteiger partial charge is 0.299 e. The summed E-state index contributed by atoms with van der Waals surface area (Å²) in [4.78, 5) is 35.9. The summed E-state index contributed by atoms with van der Waals surface area (Å²) in [5.41, 5.74) is 1.74. The number of ketones is 3. The number of Topliss-reactive ketones (excluding diaryl/α,β-unsaturated/α-hetero) is 2. The summed E-state index contributed by atoms with van der Waals surface area (Å²) in [6.07, 6.45) is 8.65. The van der Waals surface area contributed by atoms with E-state index in [0.29, 0.717) is 30.0 Å². The SMILES string of the molecule is C[C@]12CC[C@@H]3C4=C(CC[C@H]3[C@@H]1CCC2=O)C(=O)C(=O)C=C4. The molecule has 3 heteroatoms. The number of allylic oxidation sites excluding steroid dienone is 4. The predicted molar refractivity (Wildman–Crippen MR) is 77.5 cm³/mol. The Bertz CT molecular complexity index is 624. The Morgan fingerprint density at radius 1 is 1.05 bits per heavy atom. The fourth-order valence-corrected chi connectivity index (χ4v) is 5.39. The van der Waals surface area contributed by atoms with E-state index in [1.165, 1.54) is 6.08 Å². The predicted octanol–water partition coefficient (Wildman–Crippen LogP) is 2.80. The fraction of sp³-hybridized carbons (Fsp3) is 0.611. The molecule has 110 valence electrons. The lowest BCUT2D eigenvalue weighted by Crippen LogP contribution is -2.44. The Morgan fingerprint density at radius 2 is 1.86 bits per heavy atom. The number of rotatable bonds is 0. The zero-order valence-corrected chi connectivity index (χ0v) is 12.4. The number of hydrogen-bond acceptors (Lipinski definition) is 3. The van der Waals surface area contributed by atoms with Gasteiger partial charge in [-0.25, -0.2) is 0 Å². The van der Waals surface area contributed by atoms with Crippen LogP contribution >= 0.6 is 0 Å². The summed E-state index contributed by atoms with van der Waals surface area (Å²) in [5, 5.41) is 0. The number of carbonyl (C=O) groups is 3. The third kappa shape index (κ3) is 1.63. The van der Waals surface area contributed by atoms with E-state index in [2.05, 4.69) is 6.92 Å². The highest BCUT2D eigenvalue weighted by molar-refractivity contribution is 6.48. The van der Waals surface area contributed by atoms with Crippen LogP contribution in [0, 0.1) is 23.2 Å². The molecule has 0 spiro atoms. The van der Waals surface area contributed by atoms with Gasteiger partial charge in [-0.3, -0.25) is 14.4 Å². The summed E-state index contributed by atoms with van der Waals surface area (Å²) in [6.45, 7) is 2.15. The molecule has 4 rings (SSSR count). The lowest BCUT2D eigenvalue weighted by atomic mass is 9.55. The van der Waals surface area contributed by atoms with Crippen LogP contribution in [0.5, 0.6) is 0 Å². The van der Waals surface area contributed by atoms with Gasteiger partial charge >= 0.3 is 0 Å². The van der Waals surface area contributed by atoms with Gasteiger partial charge in [-0.1, -0.05) is 13.0 Å². The Morgan fingerprint density at radius 3 is 2.67 bits per heavy atom. The first kappa shape index (κ1) is 13.2. The maximum absolute atomic E-state index is 12.3. The van der Waals surface area contributed by atoms with E-state index in [1.54, 1.807) is 0 Å². The van der Waals surface area contributed by atoms with Crippen LogP contribution in [0.1, 0.15) is 45.4 Å². The van der Waals surface area contributed by atoms with E-state index < -0.39 is 0 Å². The Kier molecular flexibility index (Phi) is 2.66. The molecule has 2 fully saturated rings. The minimum Gasteiger partial charge on any atom is -0.299 e. The van der Waals surface area contributed by atoms with Crippen molar-refractivity contribution in [3.8, 4) is 0 Å². The van der Waals surface area contributed by atoms with Crippen molar-refractivity contribution in [1.29, 1.82) is 0 Å². The molecule has 2 saturated carbocycles. The van der Waals surface area contributed by atoms with Crippen LogP contribution < -0.4 is 0 Å². The molecule has 0 saturated heterocycles. The lowest BCUT2D eigenvalue weighted by Gasteiger charge is -2.48. The quantitative estimate of drug-likeness (QED) is 0.507. The van der Waals surface area contributed by atoms with Crippen LogP contribution in [-0.4, -0.2) is 17.3 Å². The second kappa shape index (κ2) is 4.25. The van der Waals surface area contributed by atoms with Gasteiger partial charge in [0.25, 0.3) is 0 Å². The smallest absolute Gasteiger partial charge is 0.229 e. The van der Waals surface area contributed by atoms with Crippen LogP contribution in [0.4, 0.5) is 0 Å². The molecule has 0 N–H and O–H groups in total. The molecular weight excluding hydrogens is 264 g/mol. The topological polar surface area (TPSA) is 51.2 Å². The van der Waals surface area contributed by atoms with Gasteiger partial charge in [0.05, 0.1) is 0 Å². The minimum atomic E-state index is -0.371. The van der Waals surface area contributed by atoms with Crippen molar-refractivity contribution in [2.45, 2.75) is 45.4 Å². The van der Waals surface area contributed by atoms with Crippen molar-refractivity contribution in [2.75, 3.05) is 0 Å². The van der Waals surface area contributed by atoms with Crippen LogP contribution in [0.3, 0.4) is 0 Å². The van der Waals surface area contributed by atoms with Crippen molar-refractivity contribution >= 4 is 17.3 Å². The zero-order chi connectivity index (χ0) is 14.8. The molecule has 0 amide bonds. The average molecular weight is 284 g/mol. The molecule has 0 aromatic heterocycles. The van der Waals surface area contributed by atoms with Crippen LogP contribution in [0.15, 0.2) is 23.3 Å². The second-order valence-electron chi connectivity index (χ2n) is 7.29. The molecule has 4 atom stereocenters. The number of fused-ring (bicyclic) bond motifs is 4. The summed E-state index contributed by atoms with van der Waals surface area (Å²) in [5.74, 6) is 1.14. The van der Waals surface area contributed by atoms with Gasteiger partial charge in [-0.05, 0) is 61.5 Å². The molecule has 0 unspecified atom stereocenters. The van der Waals surface area contributed by atoms with E-state index in [9.17, 15) is 14.4 Å². The van der Waals surface area contributed by atoms with Crippen LogP contribution in [0.25, 0.3) is 0 Å². The highest BCUT2D eigenvalue weighted by Gasteiger charge is 2.55. The van der Waals surface area contributed by atoms with E-state index in [0.717, 1.165) is 43.3 Å². The maximum Gasteiger partial charge on any atom is 0.229 e. The van der Waals surface area contributed by atoms with Gasteiger partial charge in [0.15, 0.2) is 0 Å². The van der Waals surface area contributed by atoms with Crippen molar-refractivity contribution < 1.29 is 14.4 Å². The Balaban J connectivity index is 1.72. The first-order chi connectivity index (χ1) is 10.0. The first-order valence-corrected chi connectivity index (χ1v) is 8.05. The first-order valence-electron chi connectivity index (χ1n) is 8.05. The molecule has 0 radical (unpaired) electrons. The van der Waals surface area contributed by atoms with Crippen molar-refractivity contribution in [1.82, 2.24) is 0 Å². The molecule has 3 nitrogen and oxygen atoms in total. The molecular formula is C18H20O3. The van der Waals surface area contributed by atoms with Gasteiger partial charge in [0, 0.05) is 17.4 Å². The van der Waals surface area contributed by atoms with Crippen molar-refractivity contribution in [3.63, 3.8) is 0 Å². The molecule has 0 aromatic rings. The fourth-order valence-electron chi connectivity index (χ4n) is 5.39. The van der Waals surface area contributed by atoms with Gasteiger partial charge < -0.3 is 0 Å². The highest BCUT2D eigenvalue weighted by Crippen LogP contribution is 2.59. The van der Waals surface area contributed by atoms with Crippen LogP contribution in [-0.2, 0) is 14.4 Å². The van der Waals surface area contributed by atoms with Gasteiger partial charge in [0.1, 0.15) is 5.78 Å². The maximum atomic E-state index is 12.3. The van der Waals surface area contributed by atoms with E-state index in [-0.39, 0.29) is 17.0 Å². The molecule has 0 aliphatic heterocycles. The monoisotopic (exact) mass is 284 g/mol. The zero-order valence-electron chi connectivity index (χ0n) is 12.4. The summed E-state index contributed by atoms with van der Waals surface area (Å²) in [6, 6.07) is 0. The van der Waals surface area contributed by atoms with Gasteiger partial charge in [0.2, 0.25) is 11.6 Å². The lowest BCUT2D eigenvalue weighted by molar-refractivity contribution is -0.132. The van der Waals surface area contributed by atoms with Gasteiger partial charge in [-0.15, -0.1) is 0 Å². The normalized spacial score (nSPS) is 42.0. The Hall–Kier alpha value is -1.51. The van der Waals surface area contributed by atoms with Crippen LogP contribution in [0.2, 0.25) is 0 Å². The third-order valence-corrected chi connectivity index (χ3v) is 6.53. The number of hydrogen-bond donors (Lipinski definition) is 0. The van der Waals surface area contributed by atoms with Gasteiger partial charge in [-0.2, -0.15) is 0 Å². The molecule has 0 aromatic carbocycles. The standard InChI is InChI=1S/C18H20O3/c1-18-9-8-11-10-4-6-15(19)17(21)13(10)3-2-12(11)14(18)5-7-16(18)20/h4,6,11-12,14H,2-3,5,7-9H2,1H3/t11-,12-,14+,18+/m1/s1. The highest BCUT2D eigenvalue weighted by atomic mass is 16.2. The van der Waals surface area contributed by atoms with Crippen molar-refractivity contribution in [2.24, 2.45) is 23.2 Å². The molecule has 21 heavy (non-hydrogen) atoms. The summed E-state index contributed by atoms with van der Waals surface area (Å²) in [7, 11) is 0. The second-order valence-corrected chi connectivity index (χ2v) is 7.29. The molecule has 4 aliphatic carbocycles. The minimum absolute atomic E-state index is 0.128. The molecule has 0 bridgehead atoms. The van der Waals surface area contributed by atoms with E-state index in [1.807, 2.05) is 6.08 Å². The van der Waals surface area contributed by atoms with E-state index in [4.69, 9.17) is 0 Å². The average Bonchev–Trinajstić information content (AvgIpc) is 2.78. The summed E-state index contributed by atoms with van der Waals surface area (Å²) < 4.78 is 0. The van der Waals surface area contributed by atoms with Crippen molar-refractivity contribution in [3.05, 3.63) is 23.3 Å². The molecule has 0 heterocycles. The van der Waals surface area contributed by atoms with E-state index >= 15 is 0 Å².